The lowest BCUT2D eigenvalue weighted by atomic mass is 10.2. The lowest BCUT2D eigenvalue weighted by Gasteiger charge is -2.02. The van der Waals surface area contributed by atoms with Crippen LogP contribution in [-0.2, 0) is 0 Å². The fourth-order valence-electron chi connectivity index (χ4n) is 1.53. The first-order valence-corrected chi connectivity index (χ1v) is 6.86. The van der Waals surface area contributed by atoms with Crippen molar-refractivity contribution >= 4 is 22.5 Å². The van der Waals surface area contributed by atoms with Gasteiger partial charge in [0.05, 0.1) is 12.8 Å². The Balaban J connectivity index is 2.04. The summed E-state index contributed by atoms with van der Waals surface area (Å²) in [6, 6.07) is 7.31. The number of ether oxygens (including phenoxy) is 1. The second-order valence-electron chi connectivity index (χ2n) is 3.89. The van der Waals surface area contributed by atoms with Gasteiger partial charge in [0, 0.05) is 17.5 Å². The van der Waals surface area contributed by atoms with Crippen LogP contribution >= 0.6 is 11.3 Å². The number of carbonyl (C=O) groups excluding carboxylic acids is 1. The molecule has 0 bridgehead atoms. The van der Waals surface area contributed by atoms with Crippen LogP contribution in [0.2, 0.25) is 0 Å². The van der Waals surface area contributed by atoms with E-state index in [0.717, 1.165) is 17.0 Å². The highest BCUT2D eigenvalue weighted by atomic mass is 32.1. The van der Waals surface area contributed by atoms with E-state index in [2.05, 4.69) is 22.2 Å². The van der Waals surface area contributed by atoms with Gasteiger partial charge in [-0.05, 0) is 24.3 Å². The van der Waals surface area contributed by atoms with E-state index in [-0.39, 0.29) is 6.03 Å². The molecular weight excluding hydrogens is 274 g/mol. The molecule has 20 heavy (non-hydrogen) atoms. The highest BCUT2D eigenvalue weighted by Crippen LogP contribution is 2.26. The number of carbonyl (C=O) groups is 1. The third kappa shape index (κ3) is 3.58. The maximum Gasteiger partial charge on any atom is 0.321 e. The Morgan fingerprint density at radius 3 is 2.85 bits per heavy atom. The lowest BCUT2D eigenvalue weighted by molar-refractivity contribution is 0.253. The van der Waals surface area contributed by atoms with Gasteiger partial charge in [-0.2, -0.15) is 0 Å². The van der Waals surface area contributed by atoms with E-state index in [1.165, 1.54) is 11.3 Å². The first-order valence-electron chi connectivity index (χ1n) is 5.98. The summed E-state index contributed by atoms with van der Waals surface area (Å²) in [6.45, 7) is 3.95. The molecule has 0 aliphatic carbocycles. The van der Waals surface area contributed by atoms with E-state index in [9.17, 15) is 4.79 Å². The van der Waals surface area contributed by atoms with Crippen LogP contribution in [0.1, 0.15) is 0 Å². The summed E-state index contributed by atoms with van der Waals surface area (Å²) in [5.74, 6) is 0.797. The molecule has 0 spiro atoms. The predicted molar refractivity (Wildman–Crippen MR) is 81.3 cm³/mol. The van der Waals surface area contributed by atoms with Crippen LogP contribution in [0, 0.1) is 0 Å². The van der Waals surface area contributed by atoms with Gasteiger partial charge in [0.2, 0.25) is 0 Å². The van der Waals surface area contributed by atoms with Gasteiger partial charge >= 0.3 is 6.03 Å². The molecule has 1 aromatic carbocycles. The number of urea groups is 1. The molecule has 0 atom stereocenters. The minimum Gasteiger partial charge on any atom is -0.497 e. The maximum atomic E-state index is 11.5. The number of thiazole rings is 1. The van der Waals surface area contributed by atoms with E-state index >= 15 is 0 Å². The lowest BCUT2D eigenvalue weighted by Crippen LogP contribution is -2.28. The number of rotatable bonds is 5. The molecule has 1 aromatic heterocycles. The molecule has 0 saturated heterocycles. The zero-order valence-electron chi connectivity index (χ0n) is 11.1. The zero-order valence-corrected chi connectivity index (χ0v) is 11.9. The summed E-state index contributed by atoms with van der Waals surface area (Å²) in [5.41, 5.74) is 1.79. The van der Waals surface area contributed by atoms with Gasteiger partial charge in [-0.25, -0.2) is 9.78 Å². The van der Waals surface area contributed by atoms with E-state index in [0.29, 0.717) is 11.7 Å². The van der Waals surface area contributed by atoms with Gasteiger partial charge in [0.1, 0.15) is 5.75 Å². The quantitative estimate of drug-likeness (QED) is 0.831. The molecule has 0 aliphatic heterocycles. The number of hydrogen-bond acceptors (Lipinski definition) is 4. The summed E-state index contributed by atoms with van der Waals surface area (Å²) >= 11 is 1.38. The van der Waals surface area contributed by atoms with Crippen LogP contribution in [0.5, 0.6) is 5.75 Å². The van der Waals surface area contributed by atoms with Crippen LogP contribution in [0.3, 0.4) is 0 Å². The molecule has 0 fully saturated rings. The van der Waals surface area contributed by atoms with Gasteiger partial charge in [0.15, 0.2) is 5.13 Å². The minimum atomic E-state index is -0.291. The smallest absolute Gasteiger partial charge is 0.321 e. The van der Waals surface area contributed by atoms with Gasteiger partial charge in [-0.1, -0.05) is 6.08 Å². The van der Waals surface area contributed by atoms with E-state index in [1.807, 2.05) is 29.6 Å². The Bertz CT molecular complexity index is 593. The second kappa shape index (κ2) is 6.72. The van der Waals surface area contributed by atoms with Crippen molar-refractivity contribution < 1.29 is 9.53 Å². The number of aromatic nitrogens is 1. The third-order valence-electron chi connectivity index (χ3n) is 2.52. The highest BCUT2D eigenvalue weighted by Gasteiger charge is 2.07. The van der Waals surface area contributed by atoms with Crippen molar-refractivity contribution in [2.24, 2.45) is 0 Å². The van der Waals surface area contributed by atoms with Crippen molar-refractivity contribution in [3.63, 3.8) is 0 Å². The molecule has 1 heterocycles. The highest BCUT2D eigenvalue weighted by molar-refractivity contribution is 7.14. The first-order chi connectivity index (χ1) is 9.72. The van der Waals surface area contributed by atoms with Crippen molar-refractivity contribution in [3.8, 4) is 17.0 Å². The fourth-order valence-corrected chi connectivity index (χ4v) is 2.25. The molecular formula is C14H15N3O2S. The van der Waals surface area contributed by atoms with Crippen molar-refractivity contribution in [2.75, 3.05) is 19.0 Å². The maximum absolute atomic E-state index is 11.5. The number of nitrogens with zero attached hydrogens (tertiary/aromatic N) is 1. The molecule has 2 aromatic rings. The topological polar surface area (TPSA) is 63.2 Å². The number of nitrogens with one attached hydrogen (secondary N) is 2. The van der Waals surface area contributed by atoms with Crippen molar-refractivity contribution in [3.05, 3.63) is 42.3 Å². The van der Waals surface area contributed by atoms with E-state index < -0.39 is 0 Å². The van der Waals surface area contributed by atoms with Crippen molar-refractivity contribution in [2.45, 2.75) is 0 Å². The molecule has 6 heteroatoms. The largest absolute Gasteiger partial charge is 0.497 e. The Morgan fingerprint density at radius 2 is 2.20 bits per heavy atom. The SMILES string of the molecule is C=CCNC(=O)Nc1nc(-c2ccc(OC)cc2)cs1. The molecule has 5 nitrogen and oxygen atoms in total. The summed E-state index contributed by atoms with van der Waals surface area (Å²) in [6.07, 6.45) is 1.62. The normalized spacial score (nSPS) is 9.85. The van der Waals surface area contributed by atoms with Gasteiger partial charge < -0.3 is 10.1 Å². The Morgan fingerprint density at radius 1 is 1.45 bits per heavy atom. The van der Waals surface area contributed by atoms with Gasteiger partial charge in [0.25, 0.3) is 0 Å². The average Bonchev–Trinajstić information content (AvgIpc) is 2.93. The Hall–Kier alpha value is -2.34. The zero-order chi connectivity index (χ0) is 14.4. The third-order valence-corrected chi connectivity index (χ3v) is 3.28. The van der Waals surface area contributed by atoms with Crippen molar-refractivity contribution in [1.29, 1.82) is 0 Å². The van der Waals surface area contributed by atoms with Crippen LogP contribution < -0.4 is 15.4 Å². The van der Waals surface area contributed by atoms with Crippen LogP contribution in [-0.4, -0.2) is 24.7 Å². The summed E-state index contributed by atoms with van der Waals surface area (Å²) in [5, 5.41) is 7.75. The monoisotopic (exact) mass is 289 g/mol. The van der Waals surface area contributed by atoms with Crippen molar-refractivity contribution in [1.82, 2.24) is 10.3 Å². The molecule has 104 valence electrons. The van der Waals surface area contributed by atoms with E-state index in [1.54, 1.807) is 13.2 Å². The van der Waals surface area contributed by atoms with Crippen LogP contribution in [0.15, 0.2) is 42.3 Å². The minimum absolute atomic E-state index is 0.291. The van der Waals surface area contributed by atoms with Gasteiger partial charge in [-0.15, -0.1) is 17.9 Å². The molecule has 2 amide bonds. The van der Waals surface area contributed by atoms with E-state index in [4.69, 9.17) is 4.74 Å². The number of hydrogen-bond donors (Lipinski definition) is 2. The number of anilines is 1. The number of amides is 2. The molecule has 2 rings (SSSR count). The predicted octanol–water partition coefficient (Wildman–Crippen LogP) is 3.13. The fraction of sp³-hybridized carbons (Fsp3) is 0.143. The second-order valence-corrected chi connectivity index (χ2v) is 4.75. The number of benzene rings is 1. The summed E-state index contributed by atoms with van der Waals surface area (Å²) in [4.78, 5) is 15.8. The summed E-state index contributed by atoms with van der Waals surface area (Å²) < 4.78 is 5.11. The summed E-state index contributed by atoms with van der Waals surface area (Å²) in [7, 11) is 1.63. The van der Waals surface area contributed by atoms with Gasteiger partial charge in [-0.3, -0.25) is 5.32 Å². The molecule has 0 radical (unpaired) electrons. The van der Waals surface area contributed by atoms with Crippen LogP contribution in [0.25, 0.3) is 11.3 Å². The molecule has 0 aliphatic rings. The Labute approximate surface area is 121 Å². The molecule has 0 saturated carbocycles. The Kier molecular flexibility index (Phi) is 4.73. The molecule has 2 N–H and O–H groups in total. The molecule has 0 unspecified atom stereocenters. The standard InChI is InChI=1S/C14H15N3O2S/c1-3-8-15-13(18)17-14-16-12(9-20-14)10-4-6-11(19-2)7-5-10/h3-7,9H,1,8H2,2H3,(H2,15,16,17,18). The van der Waals surface area contributed by atoms with Crippen LogP contribution in [0.4, 0.5) is 9.93 Å². The average molecular weight is 289 g/mol. The first kappa shape index (κ1) is 14.1. The number of methoxy groups -OCH3 is 1.